The molecule has 1 rings (SSSR count). The van der Waals surface area contributed by atoms with E-state index in [1.54, 1.807) is 0 Å². The summed E-state index contributed by atoms with van der Waals surface area (Å²) in [5.74, 6) is -1.35. The molecule has 0 aliphatic rings. The maximum Gasteiger partial charge on any atom is 0.365 e. The molecule has 0 aliphatic heterocycles. The van der Waals surface area contributed by atoms with Crippen LogP contribution in [0.1, 0.15) is 21.9 Å². The average molecular weight is 214 g/mol. The highest BCUT2D eigenvalue weighted by molar-refractivity contribution is 7.17. The summed E-state index contributed by atoms with van der Waals surface area (Å²) >= 11 is 5.82. The third kappa shape index (κ3) is 1.70. The van der Waals surface area contributed by atoms with Gasteiger partial charge < -0.3 is 5.11 Å². The Morgan fingerprint density at radius 3 is 2.50 bits per heavy atom. The Labute approximate surface area is 74.6 Å². The lowest BCUT2D eigenvalue weighted by Gasteiger charge is -1.90. The summed E-state index contributed by atoms with van der Waals surface area (Å²) in [5.41, 5.74) is -0.668. The van der Waals surface area contributed by atoms with Crippen molar-refractivity contribution in [2.45, 2.75) is 6.43 Å². The molecule has 0 aromatic carbocycles. The van der Waals surface area contributed by atoms with Crippen molar-refractivity contribution in [3.63, 3.8) is 0 Å². The predicted octanol–water partition coefficient (Wildman–Crippen LogP) is 2.43. The van der Waals surface area contributed by atoms with E-state index in [0.29, 0.717) is 11.3 Å². The van der Waals surface area contributed by atoms with Crippen molar-refractivity contribution in [2.24, 2.45) is 0 Å². The molecular formula is C5H2ClF2NO2S. The van der Waals surface area contributed by atoms with Crippen LogP contribution in [0.2, 0.25) is 4.34 Å². The van der Waals surface area contributed by atoms with Gasteiger partial charge in [-0.05, 0) is 0 Å². The molecule has 1 heterocycles. The lowest BCUT2D eigenvalue weighted by Crippen LogP contribution is -1.95. The first-order valence-electron chi connectivity index (χ1n) is 2.70. The molecular weight excluding hydrogens is 212 g/mol. The van der Waals surface area contributed by atoms with Crippen LogP contribution in [0.25, 0.3) is 0 Å². The van der Waals surface area contributed by atoms with Gasteiger partial charge in [0, 0.05) is 0 Å². The number of aromatic nitrogens is 1. The number of hydrogen-bond donors (Lipinski definition) is 1. The van der Waals surface area contributed by atoms with Crippen LogP contribution in [-0.2, 0) is 0 Å². The van der Waals surface area contributed by atoms with Gasteiger partial charge in [-0.15, -0.1) is 0 Å². The molecule has 0 saturated carbocycles. The van der Waals surface area contributed by atoms with Gasteiger partial charge in [-0.1, -0.05) is 22.9 Å². The summed E-state index contributed by atoms with van der Waals surface area (Å²) in [7, 11) is 0. The zero-order valence-electron chi connectivity index (χ0n) is 5.42. The van der Waals surface area contributed by atoms with E-state index in [4.69, 9.17) is 16.7 Å². The molecule has 0 spiro atoms. The highest BCUT2D eigenvalue weighted by Crippen LogP contribution is 2.31. The number of nitrogens with zero attached hydrogens (tertiary/aromatic N) is 1. The van der Waals surface area contributed by atoms with Gasteiger partial charge in [0.05, 0.1) is 0 Å². The number of carboxylic acid groups (broad SMARTS) is 1. The Morgan fingerprint density at radius 2 is 2.25 bits per heavy atom. The normalized spacial score (nSPS) is 10.7. The van der Waals surface area contributed by atoms with Gasteiger partial charge in [-0.25, -0.2) is 18.6 Å². The minimum Gasteiger partial charge on any atom is -0.476 e. The second-order valence-corrected chi connectivity index (χ2v) is 3.38. The highest BCUT2D eigenvalue weighted by atomic mass is 35.5. The Hall–Kier alpha value is -0.750. The Morgan fingerprint density at radius 1 is 1.67 bits per heavy atom. The maximum absolute atomic E-state index is 12.0. The SMILES string of the molecule is O=C(O)c1nc(C(F)F)c(Cl)s1. The van der Waals surface area contributed by atoms with Crippen molar-refractivity contribution in [3.05, 3.63) is 15.0 Å². The first-order chi connectivity index (χ1) is 5.52. The van der Waals surface area contributed by atoms with Crippen molar-refractivity contribution < 1.29 is 18.7 Å². The van der Waals surface area contributed by atoms with E-state index < -0.39 is 23.1 Å². The topological polar surface area (TPSA) is 50.2 Å². The van der Waals surface area contributed by atoms with Gasteiger partial charge in [0.15, 0.2) is 0 Å². The van der Waals surface area contributed by atoms with E-state index in [-0.39, 0.29) is 4.34 Å². The number of aromatic carboxylic acids is 1. The molecule has 0 unspecified atom stereocenters. The number of thiazole rings is 1. The molecule has 0 bridgehead atoms. The molecule has 1 aromatic heterocycles. The van der Waals surface area contributed by atoms with Crippen molar-refractivity contribution in [1.29, 1.82) is 0 Å². The zero-order valence-corrected chi connectivity index (χ0v) is 6.99. The second-order valence-electron chi connectivity index (χ2n) is 1.78. The Balaban J connectivity index is 3.09. The highest BCUT2D eigenvalue weighted by Gasteiger charge is 2.20. The molecule has 0 fully saturated rings. The van der Waals surface area contributed by atoms with E-state index >= 15 is 0 Å². The van der Waals surface area contributed by atoms with Gasteiger partial charge in [0.25, 0.3) is 6.43 Å². The first kappa shape index (κ1) is 9.34. The molecule has 7 heteroatoms. The number of carboxylic acids is 1. The third-order valence-electron chi connectivity index (χ3n) is 0.999. The summed E-state index contributed by atoms with van der Waals surface area (Å²) in [6.45, 7) is 0. The average Bonchev–Trinajstić information content (AvgIpc) is 2.30. The number of hydrogen-bond acceptors (Lipinski definition) is 3. The molecule has 0 saturated heterocycles. The molecule has 1 N–H and O–H groups in total. The van der Waals surface area contributed by atoms with Crippen LogP contribution < -0.4 is 0 Å². The van der Waals surface area contributed by atoms with Gasteiger partial charge in [-0.3, -0.25) is 0 Å². The summed E-state index contributed by atoms with van der Waals surface area (Å²) in [6, 6.07) is 0. The number of carbonyl (C=O) groups is 1. The van der Waals surface area contributed by atoms with Crippen molar-refractivity contribution in [2.75, 3.05) is 0 Å². The standard InChI is InChI=1S/C5H2ClF2NO2S/c6-2-1(3(7)8)9-4(12-2)5(10)11/h3H,(H,10,11). The van der Waals surface area contributed by atoms with Gasteiger partial charge in [-0.2, -0.15) is 0 Å². The molecule has 3 nitrogen and oxygen atoms in total. The van der Waals surface area contributed by atoms with Gasteiger partial charge in [0.1, 0.15) is 10.0 Å². The second kappa shape index (κ2) is 3.32. The van der Waals surface area contributed by atoms with E-state index in [0.717, 1.165) is 0 Å². The van der Waals surface area contributed by atoms with Crippen molar-refractivity contribution in [1.82, 2.24) is 4.98 Å². The van der Waals surface area contributed by atoms with Crippen LogP contribution in [-0.4, -0.2) is 16.1 Å². The number of rotatable bonds is 2. The molecule has 66 valence electrons. The fourth-order valence-corrected chi connectivity index (χ4v) is 1.52. The zero-order chi connectivity index (χ0) is 9.30. The smallest absolute Gasteiger partial charge is 0.365 e. The summed E-state index contributed by atoms with van der Waals surface area (Å²) < 4.78 is 23.7. The summed E-state index contributed by atoms with van der Waals surface area (Å²) in [6.07, 6.45) is -2.83. The van der Waals surface area contributed by atoms with E-state index in [9.17, 15) is 13.6 Å². The van der Waals surface area contributed by atoms with Gasteiger partial charge >= 0.3 is 5.97 Å². The van der Waals surface area contributed by atoms with Crippen LogP contribution >= 0.6 is 22.9 Å². The largest absolute Gasteiger partial charge is 0.476 e. The monoisotopic (exact) mass is 213 g/mol. The van der Waals surface area contributed by atoms with Crippen molar-refractivity contribution >= 4 is 28.9 Å². The fourth-order valence-electron chi connectivity index (χ4n) is 0.539. The molecule has 0 radical (unpaired) electrons. The fraction of sp³-hybridized carbons (Fsp3) is 0.200. The molecule has 0 amide bonds. The van der Waals surface area contributed by atoms with E-state index in [1.165, 1.54) is 0 Å². The Kier molecular flexibility index (Phi) is 2.58. The molecule has 0 atom stereocenters. The minimum absolute atomic E-state index is 0.276. The van der Waals surface area contributed by atoms with E-state index in [1.807, 2.05) is 0 Å². The number of halogens is 3. The van der Waals surface area contributed by atoms with Crippen molar-refractivity contribution in [3.8, 4) is 0 Å². The molecule has 12 heavy (non-hydrogen) atoms. The predicted molar refractivity (Wildman–Crippen MR) is 39.0 cm³/mol. The van der Waals surface area contributed by atoms with Crippen LogP contribution in [0.5, 0.6) is 0 Å². The van der Waals surface area contributed by atoms with Crippen LogP contribution in [0, 0.1) is 0 Å². The summed E-state index contributed by atoms with van der Waals surface area (Å²) in [4.78, 5) is 13.4. The quantitative estimate of drug-likeness (QED) is 0.821. The lowest BCUT2D eigenvalue weighted by molar-refractivity contribution is 0.0695. The van der Waals surface area contributed by atoms with E-state index in [2.05, 4.69) is 4.98 Å². The minimum atomic E-state index is -2.83. The Bertz CT molecular complexity index is 314. The van der Waals surface area contributed by atoms with Gasteiger partial charge in [0.2, 0.25) is 5.01 Å². The molecule has 0 aliphatic carbocycles. The maximum atomic E-state index is 12.0. The van der Waals surface area contributed by atoms with Crippen LogP contribution in [0.3, 0.4) is 0 Å². The summed E-state index contributed by atoms with van der Waals surface area (Å²) in [5, 5.41) is 7.93. The lowest BCUT2D eigenvalue weighted by atomic mass is 10.5. The third-order valence-corrected chi connectivity index (χ3v) is 2.27. The van der Waals surface area contributed by atoms with Crippen LogP contribution in [0.15, 0.2) is 0 Å². The molecule has 1 aromatic rings. The number of alkyl halides is 2. The van der Waals surface area contributed by atoms with Crippen LogP contribution in [0.4, 0.5) is 8.78 Å². The first-order valence-corrected chi connectivity index (χ1v) is 3.89.